The van der Waals surface area contributed by atoms with E-state index in [1.54, 1.807) is 18.7 Å². The Labute approximate surface area is 137 Å². The molecule has 0 bridgehead atoms. The Morgan fingerprint density at radius 2 is 1.91 bits per heavy atom. The van der Waals surface area contributed by atoms with E-state index < -0.39 is 11.6 Å². The minimum absolute atomic E-state index is 0.00566. The van der Waals surface area contributed by atoms with E-state index in [1.807, 2.05) is 38.1 Å². The molecule has 0 saturated heterocycles. The summed E-state index contributed by atoms with van der Waals surface area (Å²) in [5.41, 5.74) is 7.17. The lowest BCUT2D eigenvalue weighted by Crippen LogP contribution is -2.62. The maximum Gasteiger partial charge on any atom is 0.332 e. The number of ether oxygens (including phenoxy) is 1. The highest BCUT2D eigenvalue weighted by molar-refractivity contribution is 5.91. The SMILES string of the molecule is CCOC(=O)[C@]1(C)Cc2ccccc2CN1C(=O)[C@@H](N)C(C)C. The van der Waals surface area contributed by atoms with Crippen molar-refractivity contribution in [3.63, 3.8) is 0 Å². The molecule has 5 nitrogen and oxygen atoms in total. The van der Waals surface area contributed by atoms with Gasteiger partial charge in [-0.05, 0) is 30.9 Å². The second-order valence-electron chi connectivity index (χ2n) is 6.63. The number of carbonyl (C=O) groups excluding carboxylic acids is 2. The lowest BCUT2D eigenvalue weighted by molar-refractivity contribution is -0.165. The van der Waals surface area contributed by atoms with Crippen LogP contribution in [-0.2, 0) is 27.3 Å². The summed E-state index contributed by atoms with van der Waals surface area (Å²) in [4.78, 5) is 27.0. The van der Waals surface area contributed by atoms with Crippen molar-refractivity contribution >= 4 is 11.9 Å². The molecule has 1 aromatic carbocycles. The van der Waals surface area contributed by atoms with Gasteiger partial charge >= 0.3 is 5.97 Å². The number of nitrogens with zero attached hydrogens (tertiary/aromatic N) is 1. The third kappa shape index (κ3) is 3.24. The van der Waals surface area contributed by atoms with E-state index in [1.165, 1.54) is 0 Å². The van der Waals surface area contributed by atoms with Crippen molar-refractivity contribution in [3.05, 3.63) is 35.4 Å². The van der Waals surface area contributed by atoms with E-state index >= 15 is 0 Å². The fourth-order valence-corrected chi connectivity index (χ4v) is 2.95. The zero-order chi connectivity index (χ0) is 17.2. The van der Waals surface area contributed by atoms with E-state index in [2.05, 4.69) is 0 Å². The first-order chi connectivity index (χ1) is 10.8. The lowest BCUT2D eigenvalue weighted by atomic mass is 9.83. The van der Waals surface area contributed by atoms with Crippen LogP contribution < -0.4 is 5.73 Å². The average Bonchev–Trinajstić information content (AvgIpc) is 2.52. The van der Waals surface area contributed by atoms with Crippen molar-refractivity contribution < 1.29 is 14.3 Å². The number of rotatable bonds is 4. The van der Waals surface area contributed by atoms with Crippen LogP contribution in [-0.4, -0.2) is 35.0 Å². The van der Waals surface area contributed by atoms with Gasteiger partial charge in [0.2, 0.25) is 5.91 Å². The van der Waals surface area contributed by atoms with Gasteiger partial charge in [-0.15, -0.1) is 0 Å². The molecule has 1 amide bonds. The maximum absolute atomic E-state index is 12.9. The van der Waals surface area contributed by atoms with Crippen molar-refractivity contribution in [3.8, 4) is 0 Å². The molecule has 0 spiro atoms. The average molecular weight is 318 g/mol. The molecule has 2 rings (SSSR count). The van der Waals surface area contributed by atoms with E-state index in [0.717, 1.165) is 11.1 Å². The monoisotopic (exact) mass is 318 g/mol. The summed E-state index contributed by atoms with van der Waals surface area (Å²) in [5.74, 6) is -0.574. The summed E-state index contributed by atoms with van der Waals surface area (Å²) >= 11 is 0. The van der Waals surface area contributed by atoms with Crippen molar-refractivity contribution in [2.45, 2.75) is 52.2 Å². The topological polar surface area (TPSA) is 72.6 Å². The van der Waals surface area contributed by atoms with Crippen LogP contribution in [0.3, 0.4) is 0 Å². The van der Waals surface area contributed by atoms with Crippen LogP contribution in [0.5, 0.6) is 0 Å². The van der Waals surface area contributed by atoms with Gasteiger partial charge in [-0.3, -0.25) is 4.79 Å². The van der Waals surface area contributed by atoms with E-state index in [0.29, 0.717) is 13.0 Å². The Morgan fingerprint density at radius 3 is 2.48 bits per heavy atom. The molecule has 23 heavy (non-hydrogen) atoms. The Hall–Kier alpha value is -1.88. The summed E-state index contributed by atoms with van der Waals surface area (Å²) in [6, 6.07) is 7.24. The number of fused-ring (bicyclic) bond motifs is 1. The highest BCUT2D eigenvalue weighted by Crippen LogP contribution is 2.33. The first kappa shape index (κ1) is 17.5. The van der Waals surface area contributed by atoms with Crippen LogP contribution in [0.15, 0.2) is 24.3 Å². The van der Waals surface area contributed by atoms with Crippen LogP contribution >= 0.6 is 0 Å². The number of benzene rings is 1. The van der Waals surface area contributed by atoms with Crippen LogP contribution in [0, 0.1) is 5.92 Å². The van der Waals surface area contributed by atoms with Crippen molar-refractivity contribution in [1.82, 2.24) is 4.90 Å². The summed E-state index contributed by atoms with van der Waals surface area (Å²) in [6.07, 6.45) is 0.443. The van der Waals surface area contributed by atoms with Crippen molar-refractivity contribution in [2.75, 3.05) is 6.61 Å². The molecule has 0 saturated carbocycles. The summed E-state index contributed by atoms with van der Waals surface area (Å²) in [6.45, 7) is 8.01. The Morgan fingerprint density at radius 1 is 1.30 bits per heavy atom. The molecule has 0 aliphatic carbocycles. The number of amides is 1. The van der Waals surface area contributed by atoms with Gasteiger partial charge in [-0.1, -0.05) is 38.1 Å². The van der Waals surface area contributed by atoms with Gasteiger partial charge in [-0.2, -0.15) is 0 Å². The quantitative estimate of drug-likeness (QED) is 0.860. The fraction of sp³-hybridized carbons (Fsp3) is 0.556. The Bertz CT molecular complexity index is 600. The van der Waals surface area contributed by atoms with E-state index in [9.17, 15) is 9.59 Å². The zero-order valence-electron chi connectivity index (χ0n) is 14.3. The summed E-state index contributed by atoms with van der Waals surface area (Å²) in [5, 5.41) is 0. The number of hydrogen-bond acceptors (Lipinski definition) is 4. The minimum atomic E-state index is -1.02. The Balaban J connectivity index is 2.43. The van der Waals surface area contributed by atoms with Gasteiger partial charge in [0, 0.05) is 13.0 Å². The third-order valence-corrected chi connectivity index (χ3v) is 4.56. The smallest absolute Gasteiger partial charge is 0.332 e. The number of nitrogens with two attached hydrogens (primary N) is 1. The second-order valence-corrected chi connectivity index (χ2v) is 6.63. The molecule has 0 radical (unpaired) electrons. The molecule has 1 heterocycles. The molecule has 0 aromatic heterocycles. The number of hydrogen-bond donors (Lipinski definition) is 1. The van der Waals surface area contributed by atoms with Crippen LogP contribution in [0.2, 0.25) is 0 Å². The molecule has 2 N–H and O–H groups in total. The van der Waals surface area contributed by atoms with Crippen LogP contribution in [0.1, 0.15) is 38.8 Å². The van der Waals surface area contributed by atoms with Crippen molar-refractivity contribution in [2.24, 2.45) is 11.7 Å². The number of esters is 1. The van der Waals surface area contributed by atoms with Gasteiger partial charge in [-0.25, -0.2) is 4.79 Å². The van der Waals surface area contributed by atoms with Crippen molar-refractivity contribution in [1.29, 1.82) is 0 Å². The molecule has 1 aliphatic heterocycles. The molecular formula is C18H26N2O3. The van der Waals surface area contributed by atoms with Gasteiger partial charge in [0.15, 0.2) is 0 Å². The maximum atomic E-state index is 12.9. The predicted octanol–water partition coefficient (Wildman–Crippen LogP) is 1.88. The molecule has 1 aliphatic rings. The molecule has 126 valence electrons. The largest absolute Gasteiger partial charge is 0.464 e. The third-order valence-electron chi connectivity index (χ3n) is 4.56. The summed E-state index contributed by atoms with van der Waals surface area (Å²) in [7, 11) is 0. The first-order valence-electron chi connectivity index (χ1n) is 8.12. The second kappa shape index (κ2) is 6.71. The first-order valence-corrected chi connectivity index (χ1v) is 8.12. The highest BCUT2D eigenvalue weighted by Gasteiger charge is 2.47. The molecular weight excluding hydrogens is 292 g/mol. The fourth-order valence-electron chi connectivity index (χ4n) is 2.95. The van der Waals surface area contributed by atoms with Gasteiger partial charge in [0.25, 0.3) is 0 Å². The normalized spacial score (nSPS) is 21.7. The molecule has 2 atom stereocenters. The van der Waals surface area contributed by atoms with E-state index in [-0.39, 0.29) is 24.4 Å². The van der Waals surface area contributed by atoms with Crippen LogP contribution in [0.4, 0.5) is 0 Å². The summed E-state index contributed by atoms with van der Waals surface area (Å²) < 4.78 is 5.25. The zero-order valence-corrected chi connectivity index (χ0v) is 14.3. The molecule has 0 unspecified atom stereocenters. The molecule has 1 aromatic rings. The molecule has 5 heteroatoms. The van der Waals surface area contributed by atoms with Crippen LogP contribution in [0.25, 0.3) is 0 Å². The highest BCUT2D eigenvalue weighted by atomic mass is 16.5. The lowest BCUT2D eigenvalue weighted by Gasteiger charge is -2.44. The van der Waals surface area contributed by atoms with Gasteiger partial charge in [0.05, 0.1) is 12.6 Å². The standard InChI is InChI=1S/C18H26N2O3/c1-5-23-17(22)18(4)10-13-8-6-7-9-14(13)11-20(18)16(21)15(19)12(2)3/h6-9,12,15H,5,10-11,19H2,1-4H3/t15-,18-/m0/s1. The van der Waals surface area contributed by atoms with E-state index in [4.69, 9.17) is 10.5 Å². The predicted molar refractivity (Wildman–Crippen MR) is 88.5 cm³/mol. The minimum Gasteiger partial charge on any atom is -0.464 e. The van der Waals surface area contributed by atoms with Gasteiger partial charge in [0.1, 0.15) is 5.54 Å². The molecule has 0 fully saturated rings. The Kier molecular flexibility index (Phi) is 5.09. The number of carbonyl (C=O) groups is 2. The van der Waals surface area contributed by atoms with Gasteiger partial charge < -0.3 is 15.4 Å².